The molecule has 2 spiro atoms. The van der Waals surface area contributed by atoms with Gasteiger partial charge in [-0.15, -0.1) is 0 Å². The van der Waals surface area contributed by atoms with Crippen molar-refractivity contribution in [3.8, 4) is 11.5 Å². The van der Waals surface area contributed by atoms with E-state index in [9.17, 15) is 14.7 Å². The van der Waals surface area contributed by atoms with Crippen molar-refractivity contribution in [2.24, 2.45) is 0 Å². The highest BCUT2D eigenvalue weighted by atomic mass is 35.5. The van der Waals surface area contributed by atoms with Crippen molar-refractivity contribution in [2.45, 2.75) is 116 Å². The van der Waals surface area contributed by atoms with E-state index in [1.54, 1.807) is 14.2 Å². The fourth-order valence-electron chi connectivity index (χ4n) is 8.22. The van der Waals surface area contributed by atoms with Crippen LogP contribution in [0, 0.1) is 13.8 Å². The van der Waals surface area contributed by atoms with Crippen molar-refractivity contribution in [2.75, 3.05) is 28.4 Å². The predicted octanol–water partition coefficient (Wildman–Crippen LogP) is 8.88. The highest BCUT2D eigenvalue weighted by molar-refractivity contribution is 7.82. The monoisotopic (exact) mass is 814 g/mol. The molecule has 0 aromatic heterocycles. The van der Waals surface area contributed by atoms with Crippen molar-refractivity contribution < 1.29 is 38.4 Å². The Morgan fingerprint density at radius 1 is 0.709 bits per heavy atom. The number of ether oxygens (including phenoxy) is 5. The van der Waals surface area contributed by atoms with Crippen LogP contribution in [0.25, 0.3) is 11.1 Å². The number of methoxy groups -OCH3 is 4. The van der Waals surface area contributed by atoms with Crippen molar-refractivity contribution in [3.63, 3.8) is 0 Å². The van der Waals surface area contributed by atoms with Gasteiger partial charge in [0.1, 0.15) is 23.0 Å². The summed E-state index contributed by atoms with van der Waals surface area (Å²) in [7, 11) is 6.14. The highest BCUT2D eigenvalue weighted by Gasteiger charge is 2.50. The lowest BCUT2D eigenvalue weighted by molar-refractivity contribution is -0.117. The molecule has 2 aliphatic carbocycles. The Labute approximate surface area is 341 Å². The van der Waals surface area contributed by atoms with Crippen LogP contribution in [0.15, 0.2) is 35.8 Å². The zero-order valence-corrected chi connectivity index (χ0v) is 35.7. The fourth-order valence-corrected chi connectivity index (χ4v) is 8.30. The molecule has 2 aromatic rings. The van der Waals surface area contributed by atoms with Crippen LogP contribution in [0.5, 0.6) is 11.5 Å². The second kappa shape index (κ2) is 19.3. The lowest BCUT2D eigenvalue weighted by atomic mass is 9.80. The molecule has 300 valence electrons. The van der Waals surface area contributed by atoms with Crippen LogP contribution in [-0.4, -0.2) is 66.2 Å². The van der Waals surface area contributed by atoms with E-state index >= 15 is 0 Å². The summed E-state index contributed by atoms with van der Waals surface area (Å²) in [6.07, 6.45) is 11.3. The minimum absolute atomic E-state index is 0.0214. The van der Waals surface area contributed by atoms with Crippen LogP contribution in [0.1, 0.15) is 111 Å². The normalized spacial score (nSPS) is 18.1. The molecular formula is C42H55ClN2O8S2. The van der Waals surface area contributed by atoms with E-state index in [4.69, 9.17) is 42.8 Å². The Kier molecular flexibility index (Phi) is 15.4. The van der Waals surface area contributed by atoms with E-state index in [2.05, 4.69) is 53.6 Å². The van der Waals surface area contributed by atoms with Gasteiger partial charge in [-0.25, -0.2) is 0 Å². The van der Waals surface area contributed by atoms with Crippen LogP contribution in [0.4, 0.5) is 0 Å². The van der Waals surface area contributed by atoms with E-state index in [-0.39, 0.29) is 27.3 Å². The maximum absolute atomic E-state index is 13.2. The van der Waals surface area contributed by atoms with Crippen LogP contribution < -0.4 is 20.1 Å². The molecule has 0 saturated heterocycles. The van der Waals surface area contributed by atoms with Gasteiger partial charge in [0.15, 0.2) is 0 Å². The van der Waals surface area contributed by atoms with E-state index in [1.165, 1.54) is 14.2 Å². The molecule has 2 amide bonds. The maximum atomic E-state index is 13.2. The number of carbonyl (C=O) groups is 2. The minimum atomic E-state index is -0.564. The van der Waals surface area contributed by atoms with E-state index in [0.717, 1.165) is 110 Å². The quantitative estimate of drug-likeness (QED) is 0.185. The Hall–Kier alpha value is -3.87. The summed E-state index contributed by atoms with van der Waals surface area (Å²) in [4.78, 5) is 25.9. The number of rotatable bonds is 7. The number of aliphatic hydroxyl groups is 1. The third kappa shape index (κ3) is 9.57. The van der Waals surface area contributed by atoms with Crippen LogP contribution in [0.2, 0.25) is 0 Å². The van der Waals surface area contributed by atoms with Gasteiger partial charge in [0.05, 0.1) is 50.7 Å². The number of hydrogen-bond acceptors (Lipinski definition) is 10. The predicted molar refractivity (Wildman–Crippen MR) is 225 cm³/mol. The van der Waals surface area contributed by atoms with Gasteiger partial charge >= 0.3 is 5.24 Å². The van der Waals surface area contributed by atoms with Crippen LogP contribution in [-0.2, 0) is 36.6 Å². The summed E-state index contributed by atoms with van der Waals surface area (Å²) >= 11 is 14.4. The van der Waals surface area contributed by atoms with Crippen molar-refractivity contribution in [3.05, 3.63) is 69.2 Å². The Morgan fingerprint density at radius 2 is 1.13 bits per heavy atom. The Bertz CT molecular complexity index is 1790. The molecule has 0 atom stereocenters. The zero-order chi connectivity index (χ0) is 40.5. The molecule has 13 heteroatoms. The standard InChI is InChI=1S/C21H27NO4S.C19H25NO3.C2H3ClOS/c1-5-14-11-13(2)12-15(24-3)16(14)17-18(26-20(27)25-4)21(22-19(17)23)9-7-6-8-10-21;1-4-13-10-12(2)11-14(23-3)15(13)16-17(21)19(20-18(16)22)8-6-5-7-9-19;1-4-2(3)5/h11-12H,5-10H2,1-4H3,(H,22,23);10-11,21H,4-9H2,1-3H3,(H,20,22);1H3. The van der Waals surface area contributed by atoms with Gasteiger partial charge in [-0.2, -0.15) is 0 Å². The Morgan fingerprint density at radius 3 is 1.55 bits per heavy atom. The molecule has 0 bridgehead atoms. The van der Waals surface area contributed by atoms with E-state index in [0.29, 0.717) is 28.4 Å². The summed E-state index contributed by atoms with van der Waals surface area (Å²) in [6.45, 7) is 8.16. The molecular weight excluding hydrogens is 760 g/mol. The number of amides is 2. The topological polar surface area (TPSA) is 125 Å². The summed E-state index contributed by atoms with van der Waals surface area (Å²) in [6, 6.07) is 8.04. The first-order valence-electron chi connectivity index (χ1n) is 18.9. The molecule has 55 heavy (non-hydrogen) atoms. The second-order valence-electron chi connectivity index (χ2n) is 14.3. The van der Waals surface area contributed by atoms with Gasteiger partial charge in [0.25, 0.3) is 16.3 Å². The number of aliphatic hydroxyl groups excluding tert-OH is 1. The van der Waals surface area contributed by atoms with Gasteiger partial charge < -0.3 is 39.4 Å². The minimum Gasteiger partial charge on any atom is -0.509 e. The zero-order valence-electron chi connectivity index (χ0n) is 33.3. The van der Waals surface area contributed by atoms with Gasteiger partial charge in [-0.3, -0.25) is 9.59 Å². The number of carbonyl (C=O) groups excluding carboxylic acids is 2. The van der Waals surface area contributed by atoms with E-state index in [1.807, 2.05) is 26.0 Å². The summed E-state index contributed by atoms with van der Waals surface area (Å²) in [5, 5.41) is 17.2. The average molecular weight is 815 g/mol. The van der Waals surface area contributed by atoms with Crippen LogP contribution >= 0.6 is 36.0 Å². The largest absolute Gasteiger partial charge is 0.509 e. The molecule has 2 aliphatic heterocycles. The summed E-state index contributed by atoms with van der Waals surface area (Å²) in [5.41, 5.74) is 5.64. The molecule has 2 fully saturated rings. The van der Waals surface area contributed by atoms with Crippen molar-refractivity contribution in [1.82, 2.24) is 10.6 Å². The van der Waals surface area contributed by atoms with Gasteiger partial charge in [0.2, 0.25) is 0 Å². The first-order valence-corrected chi connectivity index (χ1v) is 20.1. The second-order valence-corrected chi connectivity index (χ2v) is 15.6. The number of benzene rings is 2. The van der Waals surface area contributed by atoms with Crippen molar-refractivity contribution in [1.29, 1.82) is 0 Å². The van der Waals surface area contributed by atoms with Gasteiger partial charge in [0, 0.05) is 23.3 Å². The number of aryl methyl sites for hydroxylation is 4. The smallest absolute Gasteiger partial charge is 0.357 e. The molecule has 3 N–H and O–H groups in total. The highest BCUT2D eigenvalue weighted by Crippen LogP contribution is 2.47. The van der Waals surface area contributed by atoms with Gasteiger partial charge in [-0.1, -0.05) is 64.5 Å². The first kappa shape index (κ1) is 43.9. The molecule has 2 aromatic carbocycles. The lowest BCUT2D eigenvalue weighted by Gasteiger charge is -2.35. The third-order valence-electron chi connectivity index (χ3n) is 10.8. The molecule has 0 radical (unpaired) electrons. The molecule has 10 nitrogen and oxygen atoms in total. The SMILES string of the molecule is CCc1cc(C)cc(OC)c1C1=C(O)C2(CCCCC2)NC1=O.CCc1cc(C)cc(OC)c1C1=C(OC(=S)OC)C2(CCCCC2)NC1=O.COC(=S)Cl. The van der Waals surface area contributed by atoms with Crippen LogP contribution in [0.3, 0.4) is 0 Å². The molecule has 6 rings (SSSR count). The summed E-state index contributed by atoms with van der Waals surface area (Å²) < 4.78 is 26.6. The number of halogens is 1. The molecule has 4 aliphatic rings. The average Bonchev–Trinajstić information content (AvgIpc) is 3.56. The van der Waals surface area contributed by atoms with Gasteiger partial charge in [-0.05, 0) is 111 Å². The van der Waals surface area contributed by atoms with E-state index < -0.39 is 11.1 Å². The number of thiocarbonyl (C=S) groups is 2. The number of nitrogens with one attached hydrogen (secondary N) is 2. The Balaban J connectivity index is 0.000000220. The summed E-state index contributed by atoms with van der Waals surface area (Å²) in [5.74, 6) is 1.81. The molecule has 2 heterocycles. The molecule has 0 unspecified atom stereocenters. The maximum Gasteiger partial charge on any atom is 0.357 e. The third-order valence-corrected chi connectivity index (χ3v) is 11.4. The molecule has 2 saturated carbocycles. The number of hydrogen-bond donors (Lipinski definition) is 3. The first-order chi connectivity index (χ1) is 26.2. The van der Waals surface area contributed by atoms with Crippen molar-refractivity contribution >= 4 is 68.7 Å². The fraction of sp³-hybridized carbons (Fsp3) is 0.524. The lowest BCUT2D eigenvalue weighted by Crippen LogP contribution is -2.46.